The van der Waals surface area contributed by atoms with Gasteiger partial charge < -0.3 is 4.90 Å². The van der Waals surface area contributed by atoms with Crippen molar-refractivity contribution >= 4 is 31.3 Å². The minimum Gasteiger partial charge on any atom is -0.336 e. The Bertz CT molecular complexity index is 700. The molecule has 9 heteroatoms. The zero-order valence-corrected chi connectivity index (χ0v) is 12.7. The smallest absolute Gasteiger partial charge is 0.271 e. The Morgan fingerprint density at radius 2 is 2.05 bits per heavy atom. The lowest BCUT2D eigenvalue weighted by Gasteiger charge is -2.20. The number of rotatable bonds is 5. The zero-order valence-electron chi connectivity index (χ0n) is 11.2. The highest BCUT2D eigenvalue weighted by molar-refractivity contribution is 8.13. The van der Waals surface area contributed by atoms with Gasteiger partial charge in [0.05, 0.1) is 9.82 Å². The van der Waals surface area contributed by atoms with Gasteiger partial charge in [-0.3, -0.25) is 14.9 Å². The van der Waals surface area contributed by atoms with Crippen LogP contribution >= 0.6 is 10.7 Å². The van der Waals surface area contributed by atoms with Crippen LogP contribution in [0, 0.1) is 10.1 Å². The summed E-state index contributed by atoms with van der Waals surface area (Å²) in [7, 11) is 1.07. The Morgan fingerprint density at radius 1 is 1.43 bits per heavy atom. The molecule has 114 valence electrons. The number of halogens is 1. The minimum atomic E-state index is -4.15. The second-order valence-electron chi connectivity index (χ2n) is 4.73. The fourth-order valence-corrected chi connectivity index (χ4v) is 2.87. The average Bonchev–Trinajstić information content (AvgIpc) is 3.22. The maximum atomic E-state index is 12.4. The van der Waals surface area contributed by atoms with Gasteiger partial charge in [0.1, 0.15) is 0 Å². The van der Waals surface area contributed by atoms with Crippen LogP contribution in [0.25, 0.3) is 0 Å². The van der Waals surface area contributed by atoms with E-state index in [0.717, 1.165) is 31.0 Å². The van der Waals surface area contributed by atoms with E-state index in [2.05, 4.69) is 0 Å². The summed E-state index contributed by atoms with van der Waals surface area (Å²) in [6.45, 7) is 2.25. The van der Waals surface area contributed by atoms with E-state index in [9.17, 15) is 23.3 Å². The summed E-state index contributed by atoms with van der Waals surface area (Å²) in [5, 5.41) is 10.9. The van der Waals surface area contributed by atoms with Gasteiger partial charge in [0.15, 0.2) is 0 Å². The summed E-state index contributed by atoms with van der Waals surface area (Å²) in [5.41, 5.74) is -0.524. The molecule has 1 amide bonds. The molecule has 1 aromatic rings. The average molecular weight is 333 g/mol. The van der Waals surface area contributed by atoms with Crippen LogP contribution < -0.4 is 0 Å². The SMILES string of the molecule is CCN(C(=O)c1cc([N+](=O)[O-])cc(S(=O)(=O)Cl)c1)C1CC1. The van der Waals surface area contributed by atoms with E-state index in [4.69, 9.17) is 10.7 Å². The minimum absolute atomic E-state index is 0.0443. The van der Waals surface area contributed by atoms with E-state index in [-0.39, 0.29) is 11.6 Å². The van der Waals surface area contributed by atoms with Gasteiger partial charge in [-0.15, -0.1) is 0 Å². The van der Waals surface area contributed by atoms with Crippen LogP contribution in [0.5, 0.6) is 0 Å². The molecule has 0 atom stereocenters. The number of nitrogens with zero attached hydrogens (tertiary/aromatic N) is 2. The van der Waals surface area contributed by atoms with E-state index in [1.54, 1.807) is 11.8 Å². The molecule has 0 N–H and O–H groups in total. The standard InChI is InChI=1S/C12H13ClN2O5S/c1-2-14(9-3-4-9)12(16)8-5-10(15(17)18)7-11(6-8)21(13,19)20/h5-7,9H,2-4H2,1H3. The molecule has 0 aliphatic heterocycles. The van der Waals surface area contributed by atoms with E-state index >= 15 is 0 Å². The Kier molecular flexibility index (Phi) is 4.20. The Labute approximate surface area is 126 Å². The molecule has 1 aliphatic rings. The van der Waals surface area contributed by atoms with Crippen molar-refractivity contribution in [2.45, 2.75) is 30.7 Å². The Morgan fingerprint density at radius 3 is 2.48 bits per heavy atom. The number of nitro benzene ring substituents is 1. The number of non-ortho nitro benzene ring substituents is 1. The quantitative estimate of drug-likeness (QED) is 0.467. The van der Waals surface area contributed by atoms with Gasteiger partial charge in [-0.1, -0.05) is 0 Å². The highest BCUT2D eigenvalue weighted by atomic mass is 35.7. The molecule has 0 bridgehead atoms. The van der Waals surface area contributed by atoms with Crippen LogP contribution in [0.1, 0.15) is 30.1 Å². The first-order valence-electron chi connectivity index (χ1n) is 6.29. The van der Waals surface area contributed by atoms with E-state index in [0.29, 0.717) is 6.54 Å². The molecular formula is C12H13ClN2O5S. The Balaban J connectivity index is 2.49. The third-order valence-corrected chi connectivity index (χ3v) is 4.55. The monoisotopic (exact) mass is 332 g/mol. The predicted octanol–water partition coefficient (Wildman–Crippen LogP) is 2.15. The molecule has 0 saturated heterocycles. The van der Waals surface area contributed by atoms with Crippen molar-refractivity contribution in [1.82, 2.24) is 4.90 Å². The fraction of sp³-hybridized carbons (Fsp3) is 0.417. The van der Waals surface area contributed by atoms with Gasteiger partial charge in [0.2, 0.25) is 0 Å². The lowest BCUT2D eigenvalue weighted by atomic mass is 10.1. The molecular weight excluding hydrogens is 320 g/mol. The highest BCUT2D eigenvalue weighted by Crippen LogP contribution is 2.30. The lowest BCUT2D eigenvalue weighted by Crippen LogP contribution is -2.32. The third kappa shape index (κ3) is 3.51. The number of benzene rings is 1. The Hall–Kier alpha value is -1.67. The molecule has 0 spiro atoms. The van der Waals surface area contributed by atoms with Crippen molar-refractivity contribution in [3.63, 3.8) is 0 Å². The van der Waals surface area contributed by atoms with Crippen molar-refractivity contribution in [2.24, 2.45) is 0 Å². The summed E-state index contributed by atoms with van der Waals surface area (Å²) in [5.74, 6) is -0.426. The highest BCUT2D eigenvalue weighted by Gasteiger charge is 2.33. The summed E-state index contributed by atoms with van der Waals surface area (Å²) in [6.07, 6.45) is 1.77. The topological polar surface area (TPSA) is 97.6 Å². The largest absolute Gasteiger partial charge is 0.336 e. The molecule has 7 nitrogen and oxygen atoms in total. The molecule has 0 radical (unpaired) electrons. The normalized spacial score (nSPS) is 14.8. The summed E-state index contributed by atoms with van der Waals surface area (Å²) in [6, 6.07) is 3.10. The van der Waals surface area contributed by atoms with Crippen LogP contribution in [0.3, 0.4) is 0 Å². The number of carbonyl (C=O) groups is 1. The van der Waals surface area contributed by atoms with Gasteiger partial charge in [0.25, 0.3) is 20.6 Å². The number of carbonyl (C=O) groups excluding carboxylic acids is 1. The van der Waals surface area contributed by atoms with Gasteiger partial charge in [0, 0.05) is 41.0 Å². The van der Waals surface area contributed by atoms with Crippen LogP contribution in [0.4, 0.5) is 5.69 Å². The van der Waals surface area contributed by atoms with E-state index in [1.165, 1.54) is 0 Å². The number of nitro groups is 1. The van der Waals surface area contributed by atoms with Crippen LogP contribution in [0.15, 0.2) is 23.1 Å². The molecule has 1 aromatic carbocycles. The second-order valence-corrected chi connectivity index (χ2v) is 7.30. The molecule has 1 fully saturated rings. The maximum absolute atomic E-state index is 12.4. The summed E-state index contributed by atoms with van der Waals surface area (Å²) < 4.78 is 22.8. The molecule has 2 rings (SSSR count). The van der Waals surface area contributed by atoms with Crippen LogP contribution in [-0.2, 0) is 9.05 Å². The molecule has 0 aromatic heterocycles. The first kappa shape index (κ1) is 15.7. The number of hydrogen-bond donors (Lipinski definition) is 0. The first-order valence-corrected chi connectivity index (χ1v) is 8.60. The first-order chi connectivity index (χ1) is 9.74. The summed E-state index contributed by atoms with van der Waals surface area (Å²) in [4.78, 5) is 23.6. The van der Waals surface area contributed by atoms with Crippen molar-refractivity contribution in [3.8, 4) is 0 Å². The van der Waals surface area contributed by atoms with Crippen LogP contribution in [-0.4, -0.2) is 36.7 Å². The molecule has 1 aliphatic carbocycles. The molecule has 21 heavy (non-hydrogen) atoms. The predicted molar refractivity (Wildman–Crippen MR) is 75.9 cm³/mol. The maximum Gasteiger partial charge on any atom is 0.271 e. The lowest BCUT2D eigenvalue weighted by molar-refractivity contribution is -0.385. The molecule has 0 unspecified atom stereocenters. The number of amides is 1. The van der Waals surface area contributed by atoms with Gasteiger partial charge in [-0.05, 0) is 25.8 Å². The summed E-state index contributed by atoms with van der Waals surface area (Å²) >= 11 is 0. The van der Waals surface area contributed by atoms with E-state index in [1.807, 2.05) is 0 Å². The van der Waals surface area contributed by atoms with Crippen molar-refractivity contribution in [3.05, 3.63) is 33.9 Å². The van der Waals surface area contributed by atoms with Gasteiger partial charge >= 0.3 is 0 Å². The zero-order chi connectivity index (χ0) is 15.8. The third-order valence-electron chi connectivity index (χ3n) is 3.22. The van der Waals surface area contributed by atoms with Crippen molar-refractivity contribution in [1.29, 1.82) is 0 Å². The fourth-order valence-electron chi connectivity index (χ4n) is 2.07. The second kappa shape index (κ2) is 5.61. The van der Waals surface area contributed by atoms with Crippen molar-refractivity contribution < 1.29 is 18.1 Å². The molecule has 0 heterocycles. The molecule has 1 saturated carbocycles. The van der Waals surface area contributed by atoms with E-state index < -0.39 is 30.5 Å². The van der Waals surface area contributed by atoms with Gasteiger partial charge in [-0.2, -0.15) is 0 Å². The van der Waals surface area contributed by atoms with Gasteiger partial charge in [-0.25, -0.2) is 8.42 Å². The van der Waals surface area contributed by atoms with Crippen molar-refractivity contribution in [2.75, 3.05) is 6.54 Å². The number of hydrogen-bond acceptors (Lipinski definition) is 5. The van der Waals surface area contributed by atoms with Crippen LogP contribution in [0.2, 0.25) is 0 Å².